The minimum Gasteiger partial charge on any atom is -0.462 e. The number of aromatic nitrogens is 2. The first kappa shape index (κ1) is 26.2. The minimum absolute atomic E-state index is 0.0255. The number of hydrogen-bond donors (Lipinski definition) is 0. The van der Waals surface area contributed by atoms with E-state index in [1.165, 1.54) is 36.1 Å². The lowest BCUT2D eigenvalue weighted by Gasteiger charge is -2.20. The third-order valence-electron chi connectivity index (χ3n) is 6.73. The summed E-state index contributed by atoms with van der Waals surface area (Å²) in [4.78, 5) is 52.7. The van der Waals surface area contributed by atoms with Crippen molar-refractivity contribution in [3.05, 3.63) is 91.5 Å². The van der Waals surface area contributed by atoms with Crippen molar-refractivity contribution in [3.8, 4) is 5.69 Å². The summed E-state index contributed by atoms with van der Waals surface area (Å²) < 4.78 is 67.4. The van der Waals surface area contributed by atoms with Crippen LogP contribution in [0.5, 0.6) is 0 Å². The number of anilines is 1. The molecule has 2 aliphatic rings. The molecule has 1 aliphatic heterocycles. The number of halogens is 4. The Kier molecular flexibility index (Phi) is 6.52. The van der Waals surface area contributed by atoms with Gasteiger partial charge in [-0.2, -0.15) is 13.2 Å². The molecule has 1 aliphatic carbocycles. The largest absolute Gasteiger partial charge is 0.462 e. The fourth-order valence-corrected chi connectivity index (χ4v) is 5.02. The van der Waals surface area contributed by atoms with Gasteiger partial charge in [0.2, 0.25) is 0 Å². The van der Waals surface area contributed by atoms with Gasteiger partial charge in [0.1, 0.15) is 18.0 Å². The van der Waals surface area contributed by atoms with E-state index in [0.29, 0.717) is 4.57 Å². The van der Waals surface area contributed by atoms with Crippen LogP contribution in [0.15, 0.2) is 52.2 Å². The Balaban J connectivity index is 1.69. The summed E-state index contributed by atoms with van der Waals surface area (Å²) in [6, 6.07) is 5.90. The SMILES string of the molecule is CCOC(=O)c1cn(-c2ccc(N3CCOC3=O)cc2F)c(=O)n(C2CCc3c2cccc3C(F)(F)F)c1=O. The number of nitrogens with zero attached hydrogens (tertiary/aromatic N) is 3. The maximum atomic E-state index is 15.3. The average molecular weight is 547 g/mol. The molecule has 1 saturated heterocycles. The van der Waals surface area contributed by atoms with Gasteiger partial charge in [0.25, 0.3) is 5.56 Å². The summed E-state index contributed by atoms with van der Waals surface area (Å²) in [5.74, 6) is -2.04. The van der Waals surface area contributed by atoms with Crippen molar-refractivity contribution in [2.75, 3.05) is 24.7 Å². The topological polar surface area (TPSA) is 99.8 Å². The molecule has 1 fully saturated rings. The van der Waals surface area contributed by atoms with E-state index in [1.54, 1.807) is 0 Å². The quantitative estimate of drug-likeness (QED) is 0.356. The predicted molar refractivity (Wildman–Crippen MR) is 129 cm³/mol. The van der Waals surface area contributed by atoms with Crippen molar-refractivity contribution in [1.82, 2.24) is 9.13 Å². The highest BCUT2D eigenvalue weighted by atomic mass is 19.4. The molecule has 0 radical (unpaired) electrons. The van der Waals surface area contributed by atoms with Crippen LogP contribution in [0.1, 0.15) is 46.4 Å². The van der Waals surface area contributed by atoms with Crippen molar-refractivity contribution in [3.63, 3.8) is 0 Å². The molecule has 0 saturated carbocycles. The number of cyclic esters (lactones) is 1. The zero-order valence-electron chi connectivity index (χ0n) is 20.5. The highest BCUT2D eigenvalue weighted by molar-refractivity contribution is 5.90. The molecular weight excluding hydrogens is 526 g/mol. The van der Waals surface area contributed by atoms with E-state index in [0.717, 1.165) is 22.9 Å². The number of esters is 1. The Morgan fingerprint density at radius 1 is 1.15 bits per heavy atom. The normalized spacial score (nSPS) is 16.8. The summed E-state index contributed by atoms with van der Waals surface area (Å²) in [5.41, 5.74) is -3.73. The highest BCUT2D eigenvalue weighted by Gasteiger charge is 2.39. The molecule has 2 heterocycles. The van der Waals surface area contributed by atoms with Crippen LogP contribution in [0.3, 0.4) is 0 Å². The Bertz CT molecular complexity index is 1610. The molecule has 39 heavy (non-hydrogen) atoms. The standard InChI is InChI=1S/C26H21F4N3O6/c1-2-38-23(35)17-13-32(21-8-6-14(12-19(21)27)31-10-11-39-25(31)37)24(36)33(22(17)34)20-9-7-15-16(20)4-3-5-18(15)26(28,29)30/h3-6,8,12-13,20H,2,7,9-11H2,1H3. The maximum absolute atomic E-state index is 15.3. The molecule has 204 valence electrons. The van der Waals surface area contributed by atoms with Gasteiger partial charge in [0.15, 0.2) is 0 Å². The number of amides is 1. The van der Waals surface area contributed by atoms with Crippen LogP contribution >= 0.6 is 0 Å². The highest BCUT2D eigenvalue weighted by Crippen LogP contribution is 2.41. The maximum Gasteiger partial charge on any atom is 0.416 e. The fraction of sp³-hybridized carbons (Fsp3) is 0.308. The lowest BCUT2D eigenvalue weighted by Crippen LogP contribution is -2.44. The zero-order valence-corrected chi connectivity index (χ0v) is 20.5. The van der Waals surface area contributed by atoms with Crippen LogP contribution in [0, 0.1) is 5.82 Å². The van der Waals surface area contributed by atoms with Crippen LogP contribution < -0.4 is 16.1 Å². The van der Waals surface area contributed by atoms with Gasteiger partial charge in [0.05, 0.1) is 36.1 Å². The minimum atomic E-state index is -4.65. The first-order chi connectivity index (χ1) is 18.5. The molecule has 0 bridgehead atoms. The van der Waals surface area contributed by atoms with Crippen molar-refractivity contribution >= 4 is 17.7 Å². The second-order valence-electron chi connectivity index (χ2n) is 8.92. The van der Waals surface area contributed by atoms with E-state index < -0.39 is 52.5 Å². The number of carbonyl (C=O) groups excluding carboxylic acids is 2. The lowest BCUT2D eigenvalue weighted by atomic mass is 10.0. The first-order valence-electron chi connectivity index (χ1n) is 12.0. The third kappa shape index (κ3) is 4.47. The fourth-order valence-electron chi connectivity index (χ4n) is 5.02. The van der Waals surface area contributed by atoms with Gasteiger partial charge < -0.3 is 9.47 Å². The van der Waals surface area contributed by atoms with Crippen LogP contribution in [-0.4, -0.2) is 41.0 Å². The molecule has 1 atom stereocenters. The van der Waals surface area contributed by atoms with E-state index in [4.69, 9.17) is 9.47 Å². The van der Waals surface area contributed by atoms with Gasteiger partial charge in [-0.25, -0.2) is 18.8 Å². The Morgan fingerprint density at radius 2 is 1.92 bits per heavy atom. The third-order valence-corrected chi connectivity index (χ3v) is 6.73. The summed E-state index contributed by atoms with van der Waals surface area (Å²) in [7, 11) is 0. The van der Waals surface area contributed by atoms with Crippen molar-refractivity contribution in [2.45, 2.75) is 32.0 Å². The summed E-state index contributed by atoms with van der Waals surface area (Å²) in [6.45, 7) is 1.71. The Morgan fingerprint density at radius 3 is 2.56 bits per heavy atom. The molecule has 13 heteroatoms. The van der Waals surface area contributed by atoms with Gasteiger partial charge >= 0.3 is 23.9 Å². The molecule has 1 amide bonds. The first-order valence-corrected chi connectivity index (χ1v) is 12.0. The zero-order chi connectivity index (χ0) is 28.1. The Labute approximate surface area is 217 Å². The number of fused-ring (bicyclic) bond motifs is 1. The number of alkyl halides is 3. The molecule has 3 aromatic rings. The molecule has 5 rings (SSSR count). The molecule has 2 aromatic carbocycles. The van der Waals surface area contributed by atoms with Crippen molar-refractivity contribution in [1.29, 1.82) is 0 Å². The molecule has 9 nitrogen and oxygen atoms in total. The van der Waals surface area contributed by atoms with E-state index in [9.17, 15) is 32.3 Å². The molecule has 1 unspecified atom stereocenters. The molecule has 0 N–H and O–H groups in total. The van der Waals surface area contributed by atoms with E-state index >= 15 is 4.39 Å². The van der Waals surface area contributed by atoms with Crippen LogP contribution in [-0.2, 0) is 22.1 Å². The number of rotatable bonds is 5. The second kappa shape index (κ2) is 9.71. The van der Waals surface area contributed by atoms with Crippen LogP contribution in [0.2, 0.25) is 0 Å². The van der Waals surface area contributed by atoms with Gasteiger partial charge in [0, 0.05) is 6.20 Å². The lowest BCUT2D eigenvalue weighted by molar-refractivity contribution is -0.138. The van der Waals surface area contributed by atoms with Crippen LogP contribution in [0.4, 0.5) is 28.0 Å². The van der Waals surface area contributed by atoms with Crippen molar-refractivity contribution in [2.24, 2.45) is 0 Å². The summed E-state index contributed by atoms with van der Waals surface area (Å²) in [5, 5.41) is 0. The van der Waals surface area contributed by atoms with Gasteiger partial charge in [-0.05, 0) is 55.2 Å². The van der Waals surface area contributed by atoms with E-state index in [1.807, 2.05) is 0 Å². The van der Waals surface area contributed by atoms with Gasteiger partial charge in [-0.15, -0.1) is 0 Å². The summed E-state index contributed by atoms with van der Waals surface area (Å²) in [6.07, 6.45) is -4.56. The monoisotopic (exact) mass is 547 g/mol. The van der Waals surface area contributed by atoms with Gasteiger partial charge in [-0.1, -0.05) is 12.1 Å². The predicted octanol–water partition coefficient (Wildman–Crippen LogP) is 3.83. The van der Waals surface area contributed by atoms with E-state index in [-0.39, 0.29) is 55.1 Å². The van der Waals surface area contributed by atoms with Crippen molar-refractivity contribution < 1.29 is 36.6 Å². The van der Waals surface area contributed by atoms with E-state index in [2.05, 4.69) is 0 Å². The second-order valence-corrected chi connectivity index (χ2v) is 8.92. The number of ether oxygens (including phenoxy) is 2. The molecule has 1 aromatic heterocycles. The molecular formula is C26H21F4N3O6. The smallest absolute Gasteiger partial charge is 0.416 e. The number of carbonyl (C=O) groups is 2. The number of benzene rings is 2. The Hall–Kier alpha value is -4.42. The van der Waals surface area contributed by atoms with Crippen LogP contribution in [0.25, 0.3) is 5.69 Å². The van der Waals surface area contributed by atoms with Gasteiger partial charge in [-0.3, -0.25) is 18.8 Å². The number of hydrogen-bond acceptors (Lipinski definition) is 6. The average Bonchev–Trinajstić information content (AvgIpc) is 3.50. The summed E-state index contributed by atoms with van der Waals surface area (Å²) >= 11 is 0. The molecule has 0 spiro atoms.